The standard InChI is InChI=1S/C22H30N2O2/c1-16-7-9-17(10-8-16)14-23-15-18(13-21(23)25)22(26)24(20-11-12-20)19-5-3-2-4-6-19/h7-10,18-20H,2-6,11-15H2,1H3. The minimum Gasteiger partial charge on any atom is -0.338 e. The maximum Gasteiger partial charge on any atom is 0.228 e. The van der Waals surface area contributed by atoms with Crippen LogP contribution in [0.5, 0.6) is 0 Å². The summed E-state index contributed by atoms with van der Waals surface area (Å²) in [6.45, 7) is 3.27. The van der Waals surface area contributed by atoms with Gasteiger partial charge >= 0.3 is 0 Å². The number of hydrogen-bond donors (Lipinski definition) is 0. The average molecular weight is 354 g/mol. The van der Waals surface area contributed by atoms with Crippen molar-refractivity contribution in [2.24, 2.45) is 5.92 Å². The molecular weight excluding hydrogens is 324 g/mol. The molecule has 4 nitrogen and oxygen atoms in total. The summed E-state index contributed by atoms with van der Waals surface area (Å²) in [4.78, 5) is 29.8. The first-order valence-corrected chi connectivity index (χ1v) is 10.3. The van der Waals surface area contributed by atoms with E-state index in [9.17, 15) is 9.59 Å². The highest BCUT2D eigenvalue weighted by Crippen LogP contribution is 2.36. The Morgan fingerprint density at radius 3 is 2.35 bits per heavy atom. The highest BCUT2D eigenvalue weighted by Gasteiger charge is 2.43. The van der Waals surface area contributed by atoms with E-state index in [1.165, 1.54) is 24.8 Å². The van der Waals surface area contributed by atoms with Crippen molar-refractivity contribution in [3.63, 3.8) is 0 Å². The van der Waals surface area contributed by atoms with E-state index in [2.05, 4.69) is 36.1 Å². The molecule has 140 valence electrons. The van der Waals surface area contributed by atoms with Gasteiger partial charge in [-0.05, 0) is 38.2 Å². The third-order valence-corrected chi connectivity index (χ3v) is 6.22. The van der Waals surface area contributed by atoms with Crippen LogP contribution in [0, 0.1) is 12.8 Å². The number of nitrogens with zero attached hydrogens (tertiary/aromatic N) is 2. The van der Waals surface area contributed by atoms with Crippen molar-refractivity contribution in [3.05, 3.63) is 35.4 Å². The zero-order chi connectivity index (χ0) is 18.1. The van der Waals surface area contributed by atoms with Crippen LogP contribution in [-0.4, -0.2) is 40.2 Å². The third kappa shape index (κ3) is 3.79. The Labute approximate surface area is 156 Å². The molecule has 2 aliphatic carbocycles. The van der Waals surface area contributed by atoms with E-state index in [1.807, 2.05) is 4.90 Å². The second-order valence-electron chi connectivity index (χ2n) is 8.43. The van der Waals surface area contributed by atoms with Crippen molar-refractivity contribution < 1.29 is 9.59 Å². The fraction of sp³-hybridized carbons (Fsp3) is 0.636. The Balaban J connectivity index is 1.41. The monoisotopic (exact) mass is 354 g/mol. The van der Waals surface area contributed by atoms with Crippen LogP contribution in [0.2, 0.25) is 0 Å². The number of carbonyl (C=O) groups excluding carboxylic acids is 2. The molecule has 1 aliphatic heterocycles. The number of hydrogen-bond acceptors (Lipinski definition) is 2. The van der Waals surface area contributed by atoms with E-state index in [0.29, 0.717) is 31.6 Å². The first-order chi connectivity index (χ1) is 12.6. The van der Waals surface area contributed by atoms with Crippen LogP contribution in [0.25, 0.3) is 0 Å². The topological polar surface area (TPSA) is 40.6 Å². The number of rotatable bonds is 5. The van der Waals surface area contributed by atoms with Crippen LogP contribution in [0.1, 0.15) is 62.5 Å². The molecule has 0 spiro atoms. The number of amides is 2. The third-order valence-electron chi connectivity index (χ3n) is 6.22. The fourth-order valence-electron chi connectivity index (χ4n) is 4.59. The zero-order valence-electron chi connectivity index (χ0n) is 15.8. The highest BCUT2D eigenvalue weighted by atomic mass is 16.2. The predicted octanol–water partition coefficient (Wildman–Crippen LogP) is 3.67. The summed E-state index contributed by atoms with van der Waals surface area (Å²) in [5.74, 6) is 0.234. The summed E-state index contributed by atoms with van der Waals surface area (Å²) >= 11 is 0. The Morgan fingerprint density at radius 1 is 1.04 bits per heavy atom. The van der Waals surface area contributed by atoms with Gasteiger partial charge in [0.25, 0.3) is 0 Å². The van der Waals surface area contributed by atoms with Gasteiger partial charge in [-0.25, -0.2) is 0 Å². The van der Waals surface area contributed by atoms with Crippen LogP contribution in [-0.2, 0) is 16.1 Å². The van der Waals surface area contributed by atoms with Gasteiger partial charge in [0.05, 0.1) is 5.92 Å². The summed E-state index contributed by atoms with van der Waals surface area (Å²) < 4.78 is 0. The Hall–Kier alpha value is -1.84. The molecule has 1 atom stereocenters. The first-order valence-electron chi connectivity index (χ1n) is 10.3. The maximum atomic E-state index is 13.3. The number of aryl methyl sites for hydroxylation is 1. The molecular formula is C22H30N2O2. The zero-order valence-corrected chi connectivity index (χ0v) is 15.8. The van der Waals surface area contributed by atoms with Crippen LogP contribution in [0.4, 0.5) is 0 Å². The van der Waals surface area contributed by atoms with E-state index in [4.69, 9.17) is 0 Å². The van der Waals surface area contributed by atoms with E-state index < -0.39 is 0 Å². The van der Waals surface area contributed by atoms with Gasteiger partial charge < -0.3 is 9.80 Å². The summed E-state index contributed by atoms with van der Waals surface area (Å²) in [5.41, 5.74) is 2.37. The Morgan fingerprint density at radius 2 is 1.69 bits per heavy atom. The summed E-state index contributed by atoms with van der Waals surface area (Å²) in [6, 6.07) is 9.19. The molecule has 0 bridgehead atoms. The van der Waals surface area contributed by atoms with E-state index >= 15 is 0 Å². The molecule has 26 heavy (non-hydrogen) atoms. The molecule has 0 N–H and O–H groups in total. The molecule has 0 radical (unpaired) electrons. The molecule has 2 saturated carbocycles. The van der Waals surface area contributed by atoms with Gasteiger partial charge in [0.1, 0.15) is 0 Å². The molecule has 3 fully saturated rings. The summed E-state index contributed by atoms with van der Waals surface area (Å²) in [6.07, 6.45) is 8.77. The lowest BCUT2D eigenvalue weighted by molar-refractivity contribution is -0.139. The second-order valence-corrected chi connectivity index (χ2v) is 8.43. The van der Waals surface area contributed by atoms with Crippen molar-refractivity contribution in [2.75, 3.05) is 6.54 Å². The molecule has 1 saturated heterocycles. The molecule has 1 heterocycles. The van der Waals surface area contributed by atoms with Gasteiger partial charge in [-0.15, -0.1) is 0 Å². The van der Waals surface area contributed by atoms with Crippen molar-refractivity contribution in [1.82, 2.24) is 9.80 Å². The smallest absolute Gasteiger partial charge is 0.228 e. The normalized spacial score (nSPS) is 24.1. The minimum atomic E-state index is -0.143. The number of benzene rings is 1. The van der Waals surface area contributed by atoms with Crippen molar-refractivity contribution in [3.8, 4) is 0 Å². The highest BCUT2D eigenvalue weighted by molar-refractivity contribution is 5.89. The number of likely N-dealkylation sites (tertiary alicyclic amines) is 1. The van der Waals surface area contributed by atoms with Crippen LogP contribution < -0.4 is 0 Å². The Bertz CT molecular complexity index is 659. The largest absolute Gasteiger partial charge is 0.338 e. The van der Waals surface area contributed by atoms with Crippen LogP contribution in [0.15, 0.2) is 24.3 Å². The maximum absolute atomic E-state index is 13.3. The van der Waals surface area contributed by atoms with E-state index in [1.54, 1.807) is 0 Å². The SMILES string of the molecule is Cc1ccc(CN2CC(C(=O)N(C3CCCCC3)C3CC3)CC2=O)cc1. The van der Waals surface area contributed by atoms with Crippen molar-refractivity contribution in [2.45, 2.75) is 76.9 Å². The van der Waals surface area contributed by atoms with Crippen molar-refractivity contribution in [1.29, 1.82) is 0 Å². The molecule has 1 unspecified atom stereocenters. The molecule has 3 aliphatic rings. The average Bonchev–Trinajstić information content (AvgIpc) is 3.41. The van der Waals surface area contributed by atoms with Gasteiger partial charge in [-0.2, -0.15) is 0 Å². The molecule has 1 aromatic rings. The number of carbonyl (C=O) groups is 2. The predicted molar refractivity (Wildman–Crippen MR) is 101 cm³/mol. The minimum absolute atomic E-state index is 0.128. The molecule has 2 amide bonds. The van der Waals surface area contributed by atoms with Gasteiger partial charge in [-0.1, -0.05) is 49.1 Å². The first kappa shape index (κ1) is 17.6. The lowest BCUT2D eigenvalue weighted by Crippen LogP contribution is -2.46. The Kier molecular flexibility index (Phi) is 5.01. The van der Waals surface area contributed by atoms with Gasteiger partial charge in [0, 0.05) is 31.6 Å². The van der Waals surface area contributed by atoms with Crippen LogP contribution in [0.3, 0.4) is 0 Å². The van der Waals surface area contributed by atoms with Crippen LogP contribution >= 0.6 is 0 Å². The fourth-order valence-corrected chi connectivity index (χ4v) is 4.59. The molecule has 0 aromatic heterocycles. The van der Waals surface area contributed by atoms with Gasteiger partial charge in [0.15, 0.2) is 0 Å². The lowest BCUT2D eigenvalue weighted by Gasteiger charge is -2.36. The van der Waals surface area contributed by atoms with Gasteiger partial charge in [0.2, 0.25) is 11.8 Å². The molecule has 1 aromatic carbocycles. The molecule has 4 heteroatoms. The second kappa shape index (κ2) is 7.42. The summed E-state index contributed by atoms with van der Waals surface area (Å²) in [7, 11) is 0. The van der Waals surface area contributed by atoms with Crippen molar-refractivity contribution >= 4 is 11.8 Å². The lowest BCUT2D eigenvalue weighted by atomic mass is 9.92. The van der Waals surface area contributed by atoms with E-state index in [0.717, 1.165) is 31.2 Å². The quantitative estimate of drug-likeness (QED) is 0.809. The summed E-state index contributed by atoms with van der Waals surface area (Å²) in [5, 5.41) is 0. The van der Waals surface area contributed by atoms with E-state index in [-0.39, 0.29) is 17.7 Å². The molecule has 4 rings (SSSR count). The van der Waals surface area contributed by atoms with Gasteiger partial charge in [-0.3, -0.25) is 9.59 Å².